The lowest BCUT2D eigenvalue weighted by atomic mass is 10.1. The molecule has 1 rings (SSSR count). The van der Waals surface area contributed by atoms with Gasteiger partial charge < -0.3 is 10.2 Å². The number of nitrogens with zero attached hydrogens (tertiary/aromatic N) is 1. The molecule has 1 N–H and O–H groups in total. The van der Waals surface area contributed by atoms with Crippen LogP contribution in [-0.2, 0) is 16.1 Å². The molecule has 1 aromatic rings. The normalized spacial score (nSPS) is 12.0. The molecule has 0 aromatic heterocycles. The molecule has 0 saturated carbocycles. The summed E-state index contributed by atoms with van der Waals surface area (Å²) in [4.78, 5) is 26.3. The average molecular weight is 290 g/mol. The third kappa shape index (κ3) is 5.21. The van der Waals surface area contributed by atoms with E-state index in [2.05, 4.69) is 5.32 Å². The Morgan fingerprint density at radius 2 is 1.76 bits per heavy atom. The van der Waals surface area contributed by atoms with Crippen LogP contribution in [0.25, 0.3) is 0 Å². The molecule has 0 unspecified atom stereocenters. The lowest BCUT2D eigenvalue weighted by Gasteiger charge is -2.31. The summed E-state index contributed by atoms with van der Waals surface area (Å²) in [5.41, 5.74) is 1.04. The Labute approximate surface area is 127 Å². The summed E-state index contributed by atoms with van der Waals surface area (Å²) in [5.74, 6) is -0.0742. The Balaban J connectivity index is 2.94. The number of hydrogen-bond acceptors (Lipinski definition) is 2. The van der Waals surface area contributed by atoms with Gasteiger partial charge >= 0.3 is 0 Å². The molecule has 0 spiro atoms. The third-order valence-electron chi connectivity index (χ3n) is 3.32. The van der Waals surface area contributed by atoms with Crippen molar-refractivity contribution in [3.05, 3.63) is 35.9 Å². The second-order valence-electron chi connectivity index (χ2n) is 5.45. The highest BCUT2D eigenvalue weighted by Gasteiger charge is 2.27. The molecule has 0 fully saturated rings. The van der Waals surface area contributed by atoms with Crippen molar-refractivity contribution < 1.29 is 9.59 Å². The highest BCUT2D eigenvalue weighted by atomic mass is 16.2. The van der Waals surface area contributed by atoms with E-state index in [0.29, 0.717) is 19.4 Å². The van der Waals surface area contributed by atoms with Gasteiger partial charge in [-0.2, -0.15) is 0 Å². The summed E-state index contributed by atoms with van der Waals surface area (Å²) in [6.07, 6.45) is 1.01. The summed E-state index contributed by atoms with van der Waals surface area (Å²) in [6.45, 7) is 8.08. The predicted octanol–water partition coefficient (Wildman–Crippen LogP) is 2.73. The fourth-order valence-electron chi connectivity index (χ4n) is 2.28. The first-order valence-corrected chi connectivity index (χ1v) is 7.63. The molecule has 1 aromatic carbocycles. The molecular formula is C17H26N2O2. The predicted molar refractivity (Wildman–Crippen MR) is 84.6 cm³/mol. The van der Waals surface area contributed by atoms with Crippen molar-refractivity contribution in [2.24, 2.45) is 0 Å². The SMILES string of the molecule is CCC(=O)N(Cc1ccccc1)[C@@H](CC)C(=O)NC(C)C. The van der Waals surface area contributed by atoms with E-state index >= 15 is 0 Å². The van der Waals surface area contributed by atoms with Crippen LogP contribution in [0.15, 0.2) is 30.3 Å². The Kier molecular flexibility index (Phi) is 6.92. The third-order valence-corrected chi connectivity index (χ3v) is 3.32. The van der Waals surface area contributed by atoms with Gasteiger partial charge in [-0.05, 0) is 25.8 Å². The van der Waals surface area contributed by atoms with Gasteiger partial charge in [0, 0.05) is 19.0 Å². The minimum atomic E-state index is -0.417. The lowest BCUT2D eigenvalue weighted by Crippen LogP contribution is -2.50. The van der Waals surface area contributed by atoms with Crippen LogP contribution in [-0.4, -0.2) is 28.8 Å². The van der Waals surface area contributed by atoms with E-state index in [1.807, 2.05) is 58.0 Å². The number of amides is 2. The second-order valence-corrected chi connectivity index (χ2v) is 5.45. The summed E-state index contributed by atoms with van der Waals surface area (Å²) < 4.78 is 0. The number of rotatable bonds is 7. The van der Waals surface area contributed by atoms with E-state index < -0.39 is 6.04 Å². The molecule has 4 nitrogen and oxygen atoms in total. The molecule has 116 valence electrons. The second kappa shape index (κ2) is 8.45. The van der Waals surface area contributed by atoms with Crippen molar-refractivity contribution in [2.45, 2.75) is 59.2 Å². The largest absolute Gasteiger partial charge is 0.352 e. The van der Waals surface area contributed by atoms with Gasteiger partial charge in [-0.25, -0.2) is 0 Å². The first-order chi connectivity index (χ1) is 9.99. The minimum Gasteiger partial charge on any atom is -0.352 e. The van der Waals surface area contributed by atoms with Crippen molar-refractivity contribution in [1.29, 1.82) is 0 Å². The van der Waals surface area contributed by atoms with Gasteiger partial charge in [0.15, 0.2) is 0 Å². The minimum absolute atomic E-state index is 0.00427. The Morgan fingerprint density at radius 3 is 2.24 bits per heavy atom. The Hall–Kier alpha value is -1.84. The van der Waals surface area contributed by atoms with Gasteiger partial charge in [-0.3, -0.25) is 9.59 Å². The van der Waals surface area contributed by atoms with Crippen LogP contribution < -0.4 is 5.32 Å². The van der Waals surface area contributed by atoms with Crippen molar-refractivity contribution in [1.82, 2.24) is 10.2 Å². The molecule has 2 amide bonds. The highest BCUT2D eigenvalue weighted by Crippen LogP contribution is 2.13. The number of carbonyl (C=O) groups is 2. The van der Waals surface area contributed by atoms with Gasteiger partial charge in [0.05, 0.1) is 0 Å². The number of benzene rings is 1. The number of hydrogen-bond donors (Lipinski definition) is 1. The molecule has 0 bridgehead atoms. The quantitative estimate of drug-likeness (QED) is 0.839. The maximum atomic E-state index is 12.3. The molecule has 4 heteroatoms. The molecule has 0 aliphatic rings. The molecule has 1 atom stereocenters. The van der Waals surface area contributed by atoms with Crippen LogP contribution >= 0.6 is 0 Å². The van der Waals surface area contributed by atoms with E-state index in [-0.39, 0.29) is 17.9 Å². The number of carbonyl (C=O) groups excluding carboxylic acids is 2. The van der Waals surface area contributed by atoms with Gasteiger partial charge in [0.25, 0.3) is 0 Å². The average Bonchev–Trinajstić information content (AvgIpc) is 2.46. The molecular weight excluding hydrogens is 264 g/mol. The molecule has 0 saturated heterocycles. The van der Waals surface area contributed by atoms with Crippen LogP contribution in [0.4, 0.5) is 0 Å². The van der Waals surface area contributed by atoms with Crippen molar-refractivity contribution in [2.75, 3.05) is 0 Å². The van der Waals surface area contributed by atoms with E-state index in [9.17, 15) is 9.59 Å². The van der Waals surface area contributed by atoms with Gasteiger partial charge in [-0.15, -0.1) is 0 Å². The van der Waals surface area contributed by atoms with Crippen LogP contribution in [0.3, 0.4) is 0 Å². The van der Waals surface area contributed by atoms with Crippen molar-refractivity contribution >= 4 is 11.8 Å². The smallest absolute Gasteiger partial charge is 0.243 e. The van der Waals surface area contributed by atoms with Crippen molar-refractivity contribution in [3.8, 4) is 0 Å². The summed E-state index contributed by atoms with van der Waals surface area (Å²) in [6, 6.07) is 9.43. The molecule has 0 aliphatic carbocycles. The first-order valence-electron chi connectivity index (χ1n) is 7.63. The monoisotopic (exact) mass is 290 g/mol. The van der Waals surface area contributed by atoms with Gasteiger partial charge in [-0.1, -0.05) is 44.2 Å². The summed E-state index contributed by atoms with van der Waals surface area (Å²) in [7, 11) is 0. The maximum Gasteiger partial charge on any atom is 0.243 e. The fourth-order valence-corrected chi connectivity index (χ4v) is 2.28. The van der Waals surface area contributed by atoms with Crippen LogP contribution in [0.5, 0.6) is 0 Å². The van der Waals surface area contributed by atoms with E-state index in [4.69, 9.17) is 0 Å². The first kappa shape index (κ1) is 17.2. The van der Waals surface area contributed by atoms with Crippen LogP contribution in [0.2, 0.25) is 0 Å². The van der Waals surface area contributed by atoms with Gasteiger partial charge in [0.1, 0.15) is 6.04 Å². The Bertz CT molecular complexity index is 457. The molecule has 0 aliphatic heterocycles. The molecule has 0 radical (unpaired) electrons. The van der Waals surface area contributed by atoms with Crippen LogP contribution in [0, 0.1) is 0 Å². The fraction of sp³-hybridized carbons (Fsp3) is 0.529. The van der Waals surface area contributed by atoms with Gasteiger partial charge in [0.2, 0.25) is 11.8 Å². The number of nitrogens with one attached hydrogen (secondary N) is 1. The zero-order valence-electron chi connectivity index (χ0n) is 13.4. The zero-order chi connectivity index (χ0) is 15.8. The standard InChI is InChI=1S/C17H26N2O2/c1-5-15(17(21)18-13(3)4)19(16(20)6-2)12-14-10-8-7-9-11-14/h7-11,13,15H,5-6,12H2,1-4H3,(H,18,21)/t15-/m0/s1. The molecule has 21 heavy (non-hydrogen) atoms. The van der Waals surface area contributed by atoms with E-state index in [1.54, 1.807) is 4.90 Å². The van der Waals surface area contributed by atoms with Crippen LogP contribution in [0.1, 0.15) is 46.1 Å². The van der Waals surface area contributed by atoms with Crippen molar-refractivity contribution in [3.63, 3.8) is 0 Å². The highest BCUT2D eigenvalue weighted by molar-refractivity contribution is 5.87. The zero-order valence-corrected chi connectivity index (χ0v) is 13.4. The van der Waals surface area contributed by atoms with E-state index in [1.165, 1.54) is 0 Å². The topological polar surface area (TPSA) is 49.4 Å². The Morgan fingerprint density at radius 1 is 1.14 bits per heavy atom. The summed E-state index contributed by atoms with van der Waals surface area (Å²) >= 11 is 0. The maximum absolute atomic E-state index is 12.3. The van der Waals surface area contributed by atoms with E-state index in [0.717, 1.165) is 5.56 Å². The molecule has 0 heterocycles. The lowest BCUT2D eigenvalue weighted by molar-refractivity contribution is -0.141. The summed E-state index contributed by atoms with van der Waals surface area (Å²) in [5, 5.41) is 2.91.